The van der Waals surface area contributed by atoms with E-state index in [1.807, 2.05) is 11.6 Å². The van der Waals surface area contributed by atoms with Gasteiger partial charge in [-0.25, -0.2) is 13.1 Å². The van der Waals surface area contributed by atoms with Gasteiger partial charge in [0.15, 0.2) is 0 Å². The molecule has 2 heterocycles. The number of piperidine rings is 1. The van der Waals surface area contributed by atoms with E-state index in [1.165, 1.54) is 54.6 Å². The second-order valence-electron chi connectivity index (χ2n) is 8.60. The van der Waals surface area contributed by atoms with Gasteiger partial charge in [-0.1, -0.05) is 48.0 Å². The summed E-state index contributed by atoms with van der Waals surface area (Å²) in [5.41, 5.74) is 5.85. The molecule has 8 heteroatoms. The summed E-state index contributed by atoms with van der Waals surface area (Å²) in [4.78, 5) is -0.178. The molecule has 3 aromatic carbocycles. The molecule has 5 rings (SSSR count). The zero-order valence-corrected chi connectivity index (χ0v) is 20.3. The van der Waals surface area contributed by atoms with Crippen LogP contribution in [-0.4, -0.2) is 41.3 Å². The van der Waals surface area contributed by atoms with Crippen molar-refractivity contribution >= 4 is 21.0 Å². The van der Waals surface area contributed by atoms with Crippen LogP contribution in [0.15, 0.2) is 77.8 Å². The molecule has 0 radical (unpaired) electrons. The first-order valence-corrected chi connectivity index (χ1v) is 12.6. The smallest absolute Gasteiger partial charge is 0.124 e. The van der Waals surface area contributed by atoms with Gasteiger partial charge in [-0.3, -0.25) is 0 Å². The fraction of sp³-hybridized carbons (Fsp3) is 0.269. The first kappa shape index (κ1) is 25.6. The summed E-state index contributed by atoms with van der Waals surface area (Å²) in [5.74, 6) is 0.710. The van der Waals surface area contributed by atoms with Crippen molar-refractivity contribution in [1.82, 2.24) is 9.78 Å². The molecule has 0 unspecified atom stereocenters. The van der Waals surface area contributed by atoms with E-state index in [4.69, 9.17) is 5.10 Å². The molecular weight excluding hydrogens is 450 g/mol. The second-order valence-corrected chi connectivity index (χ2v) is 9.98. The molecule has 4 aromatic rings. The van der Waals surface area contributed by atoms with Gasteiger partial charge in [0.25, 0.3) is 0 Å². The lowest BCUT2D eigenvalue weighted by atomic mass is 9.92. The fourth-order valence-corrected chi connectivity index (χ4v) is 4.64. The standard InChI is InChI=1S/C19H21N3.C7H8O3S.H2O/c1-14-4-2-5-17-13-22(21-19(14)17)18-9-7-15(8-10-18)16-6-3-11-20-12-16;1-6-2-4-7(5-3-6)11(8,9)10;/h2,4-5,7-10,13,16,20H,3,6,11-12H2,1H3;2-5H,1H3,(H,8,9,10);1H2/t16-;;/m1../s1. The van der Waals surface area contributed by atoms with E-state index >= 15 is 0 Å². The van der Waals surface area contributed by atoms with Crippen molar-refractivity contribution in [3.8, 4) is 5.69 Å². The monoisotopic (exact) mass is 481 g/mol. The predicted octanol–water partition coefficient (Wildman–Crippen LogP) is 2.85. The third-order valence-electron chi connectivity index (χ3n) is 6.09. The minimum absolute atomic E-state index is 0. The number of rotatable bonds is 3. The van der Waals surface area contributed by atoms with Crippen molar-refractivity contribution in [2.45, 2.75) is 37.5 Å². The highest BCUT2D eigenvalue weighted by Gasteiger charge is 2.17. The molecule has 0 saturated carbocycles. The molecule has 0 amide bonds. The number of aromatic nitrogens is 2. The maximum atomic E-state index is 10.4. The minimum atomic E-state index is -4.27. The lowest BCUT2D eigenvalue weighted by molar-refractivity contribution is -0.664. The summed E-state index contributed by atoms with van der Waals surface area (Å²) in [5, 5.41) is 8.37. The summed E-state index contributed by atoms with van der Waals surface area (Å²) in [7, 11) is -4.27. The van der Waals surface area contributed by atoms with E-state index in [9.17, 15) is 13.0 Å². The molecular formula is C26H31N3O4S. The average Bonchev–Trinajstić information content (AvgIpc) is 3.26. The van der Waals surface area contributed by atoms with Gasteiger partial charge in [-0.2, -0.15) is 5.10 Å². The van der Waals surface area contributed by atoms with E-state index < -0.39 is 10.1 Å². The van der Waals surface area contributed by atoms with Gasteiger partial charge in [0.1, 0.15) is 10.1 Å². The zero-order valence-electron chi connectivity index (χ0n) is 19.4. The zero-order chi connectivity index (χ0) is 23.4. The highest BCUT2D eigenvalue weighted by Crippen LogP contribution is 2.23. The lowest BCUT2D eigenvalue weighted by Gasteiger charge is -2.20. The molecule has 1 aliphatic heterocycles. The SMILES string of the molecule is Cc1ccc(S(=O)(=O)[O-])cc1.Cc1cccc2cn(-c3ccc([C@@H]4CCC[NH2+]C4)cc3)nc12.O. The van der Waals surface area contributed by atoms with E-state index in [0.717, 1.165) is 16.8 Å². The molecule has 0 bridgehead atoms. The topological polar surface area (TPSA) is 123 Å². The number of nitrogens with zero attached hydrogens (tertiary/aromatic N) is 2. The minimum Gasteiger partial charge on any atom is -0.744 e. The highest BCUT2D eigenvalue weighted by atomic mass is 32.2. The van der Waals surface area contributed by atoms with Crippen LogP contribution in [-0.2, 0) is 10.1 Å². The maximum Gasteiger partial charge on any atom is 0.124 e. The first-order valence-electron chi connectivity index (χ1n) is 11.2. The van der Waals surface area contributed by atoms with Crippen LogP contribution in [0, 0.1) is 13.8 Å². The van der Waals surface area contributed by atoms with Crippen molar-refractivity contribution in [2.24, 2.45) is 0 Å². The first-order chi connectivity index (χ1) is 15.8. The quantitative estimate of drug-likeness (QED) is 0.452. The fourth-order valence-electron chi connectivity index (χ4n) is 4.18. The van der Waals surface area contributed by atoms with Crippen molar-refractivity contribution in [3.63, 3.8) is 0 Å². The Bertz CT molecular complexity index is 1320. The summed E-state index contributed by atoms with van der Waals surface area (Å²) in [6, 6.07) is 21.1. The van der Waals surface area contributed by atoms with Gasteiger partial charge in [0.05, 0.1) is 29.2 Å². The van der Waals surface area contributed by atoms with E-state index in [2.05, 4.69) is 60.9 Å². The number of nitrogens with two attached hydrogens (primary N) is 1. The molecule has 180 valence electrons. The summed E-state index contributed by atoms with van der Waals surface area (Å²) in [6.07, 6.45) is 4.77. The summed E-state index contributed by atoms with van der Waals surface area (Å²) in [6.45, 7) is 6.45. The van der Waals surface area contributed by atoms with Crippen LogP contribution in [0.2, 0.25) is 0 Å². The second kappa shape index (κ2) is 10.9. The predicted molar refractivity (Wildman–Crippen MR) is 132 cm³/mol. The molecule has 1 saturated heterocycles. The number of hydrogen-bond acceptors (Lipinski definition) is 4. The summed E-state index contributed by atoms with van der Waals surface area (Å²) < 4.78 is 33.2. The number of hydrogen-bond donors (Lipinski definition) is 1. The molecule has 1 atom stereocenters. The van der Waals surface area contributed by atoms with Gasteiger partial charge >= 0.3 is 0 Å². The van der Waals surface area contributed by atoms with Crippen LogP contribution in [0.25, 0.3) is 16.6 Å². The number of aryl methyl sites for hydroxylation is 2. The van der Waals surface area contributed by atoms with Crippen molar-refractivity contribution in [2.75, 3.05) is 13.1 Å². The third kappa shape index (κ3) is 6.09. The van der Waals surface area contributed by atoms with Gasteiger partial charge in [-0.15, -0.1) is 0 Å². The molecule has 0 spiro atoms. The molecule has 34 heavy (non-hydrogen) atoms. The Morgan fingerprint density at radius 3 is 2.29 bits per heavy atom. The molecule has 1 fully saturated rings. The van der Waals surface area contributed by atoms with Crippen LogP contribution in [0.3, 0.4) is 0 Å². The Morgan fingerprint density at radius 1 is 1.00 bits per heavy atom. The van der Waals surface area contributed by atoms with Crippen molar-refractivity contribution in [3.05, 3.63) is 89.6 Å². The molecule has 0 aliphatic carbocycles. The number of quaternary nitrogens is 1. The Hall–Kier alpha value is -3.04. The van der Waals surface area contributed by atoms with Gasteiger partial charge in [-0.05, 0) is 62.1 Å². The lowest BCUT2D eigenvalue weighted by Crippen LogP contribution is -2.86. The largest absolute Gasteiger partial charge is 0.744 e. The van der Waals surface area contributed by atoms with E-state index in [1.54, 1.807) is 12.1 Å². The molecule has 7 nitrogen and oxygen atoms in total. The van der Waals surface area contributed by atoms with Crippen LogP contribution in [0.1, 0.15) is 35.4 Å². The van der Waals surface area contributed by atoms with Gasteiger partial charge in [0, 0.05) is 17.5 Å². The maximum absolute atomic E-state index is 10.4. The van der Waals surface area contributed by atoms with Gasteiger partial charge < -0.3 is 15.3 Å². The molecule has 1 aliphatic rings. The van der Waals surface area contributed by atoms with Crippen LogP contribution >= 0.6 is 0 Å². The molecule has 1 aromatic heterocycles. The average molecular weight is 482 g/mol. The Morgan fingerprint density at radius 2 is 1.71 bits per heavy atom. The normalized spacial score (nSPS) is 15.8. The van der Waals surface area contributed by atoms with E-state index in [-0.39, 0.29) is 10.4 Å². The third-order valence-corrected chi connectivity index (χ3v) is 6.94. The number of benzene rings is 3. The van der Waals surface area contributed by atoms with Crippen LogP contribution in [0.5, 0.6) is 0 Å². The Labute approximate surface area is 200 Å². The Kier molecular flexibility index (Phi) is 8.22. The van der Waals surface area contributed by atoms with Gasteiger partial charge in [0.2, 0.25) is 0 Å². The number of fused-ring (bicyclic) bond motifs is 1. The van der Waals surface area contributed by atoms with Crippen molar-refractivity contribution in [1.29, 1.82) is 0 Å². The van der Waals surface area contributed by atoms with Crippen molar-refractivity contribution < 1.29 is 23.8 Å². The summed E-state index contributed by atoms with van der Waals surface area (Å²) >= 11 is 0. The van der Waals surface area contributed by atoms with E-state index in [0.29, 0.717) is 5.92 Å². The Balaban J connectivity index is 0.000000231. The van der Waals surface area contributed by atoms with Crippen LogP contribution < -0.4 is 5.32 Å². The highest BCUT2D eigenvalue weighted by molar-refractivity contribution is 7.85. The van der Waals surface area contributed by atoms with Crippen LogP contribution in [0.4, 0.5) is 0 Å². The molecule has 4 N–H and O–H groups in total.